The minimum absolute atomic E-state index is 0.250. The third kappa shape index (κ3) is 1.28. The maximum Gasteiger partial charge on any atom is 0.323 e. The van der Waals surface area contributed by atoms with E-state index < -0.39 is 17.9 Å². The molecule has 1 unspecified atom stereocenters. The predicted molar refractivity (Wildman–Crippen MR) is 47.6 cm³/mol. The third-order valence-electron chi connectivity index (χ3n) is 1.81. The second-order valence-electron chi connectivity index (χ2n) is 2.76. The number of hydrogen-bond acceptors (Lipinski definition) is 5. The molecule has 14 heavy (non-hydrogen) atoms. The summed E-state index contributed by atoms with van der Waals surface area (Å²) in [5.41, 5.74) is 0. The number of rotatable bonds is 2. The van der Waals surface area contributed by atoms with E-state index in [1.807, 2.05) is 0 Å². The molecule has 1 N–H and O–H groups in total. The summed E-state index contributed by atoms with van der Waals surface area (Å²) in [6.45, 7) is -0.250. The van der Waals surface area contributed by atoms with Crippen molar-refractivity contribution >= 4 is 30.4 Å². The maximum atomic E-state index is 11.1. The number of amides is 1. The minimum Gasteiger partial charge on any atom is -0.480 e. The first-order valence-corrected chi connectivity index (χ1v) is 3.84. The fourth-order valence-corrected chi connectivity index (χ4v) is 1.23. The number of carboxylic acid groups (broad SMARTS) is 1. The van der Waals surface area contributed by atoms with E-state index in [-0.39, 0.29) is 6.54 Å². The lowest BCUT2D eigenvalue weighted by Gasteiger charge is -2.15. The van der Waals surface area contributed by atoms with Crippen LogP contribution in [0.25, 0.3) is 0 Å². The van der Waals surface area contributed by atoms with E-state index in [1.54, 1.807) is 0 Å². The van der Waals surface area contributed by atoms with Crippen molar-refractivity contribution in [2.45, 2.75) is 6.04 Å². The van der Waals surface area contributed by atoms with E-state index in [0.717, 1.165) is 6.34 Å². The lowest BCUT2D eigenvalue weighted by molar-refractivity contribution is -0.136. The van der Waals surface area contributed by atoms with Gasteiger partial charge < -0.3 is 10.0 Å². The van der Waals surface area contributed by atoms with Gasteiger partial charge in [-0.15, -0.1) is 0 Å². The molecule has 2 aliphatic rings. The molecule has 0 saturated heterocycles. The van der Waals surface area contributed by atoms with E-state index in [4.69, 9.17) is 5.11 Å². The van der Waals surface area contributed by atoms with Crippen LogP contribution in [0.15, 0.2) is 15.0 Å². The molecule has 72 valence electrons. The zero-order valence-corrected chi connectivity index (χ0v) is 6.99. The first-order chi connectivity index (χ1) is 6.68. The first kappa shape index (κ1) is 8.54. The summed E-state index contributed by atoms with van der Waals surface area (Å²) in [6, 6.07) is -0.751. The second kappa shape index (κ2) is 3.02. The summed E-state index contributed by atoms with van der Waals surface area (Å²) in [5, 5.41) is 8.55. The van der Waals surface area contributed by atoms with Crippen LogP contribution in [-0.2, 0) is 9.59 Å². The van der Waals surface area contributed by atoms with Crippen LogP contribution in [0.5, 0.6) is 0 Å². The Morgan fingerprint density at radius 2 is 2.43 bits per heavy atom. The topological polar surface area (TPSA) is 94.7 Å². The molecular weight excluding hydrogens is 188 g/mol. The largest absolute Gasteiger partial charge is 0.480 e. The van der Waals surface area contributed by atoms with Crippen LogP contribution in [0.3, 0.4) is 0 Å². The Kier molecular flexibility index (Phi) is 1.84. The number of carboxylic acids is 1. The summed E-state index contributed by atoms with van der Waals surface area (Å²) in [5.74, 6) is -1.10. The zero-order chi connectivity index (χ0) is 10.1. The van der Waals surface area contributed by atoms with Gasteiger partial charge in [-0.05, 0) is 0 Å². The molecule has 0 fully saturated rings. The smallest absolute Gasteiger partial charge is 0.323 e. The Bertz CT molecular complexity index is 384. The molecule has 2 heterocycles. The molecular formula is C7H6N4O3. The number of aliphatic carboxylic acids is 1. The van der Waals surface area contributed by atoms with Gasteiger partial charge in [0.25, 0.3) is 5.91 Å². The molecule has 0 aliphatic carbocycles. The van der Waals surface area contributed by atoms with Crippen molar-refractivity contribution in [3.05, 3.63) is 0 Å². The summed E-state index contributed by atoms with van der Waals surface area (Å²) in [6.07, 6.45) is 2.40. The van der Waals surface area contributed by atoms with Crippen molar-refractivity contribution < 1.29 is 14.7 Å². The monoisotopic (exact) mass is 194 g/mol. The lowest BCUT2D eigenvalue weighted by Crippen LogP contribution is -2.39. The standard InChI is InChI=1S/C7H6N4O3/c12-4(13)1-11-3-10-5-6(11)8-2-9-7(5)14/h2-3,5H,1H2,(H,12,13). The molecule has 2 rings (SSSR count). The van der Waals surface area contributed by atoms with Gasteiger partial charge in [0.15, 0.2) is 6.04 Å². The quantitative estimate of drug-likeness (QED) is 0.594. The number of fused-ring (bicyclic) bond motifs is 1. The molecule has 7 heteroatoms. The van der Waals surface area contributed by atoms with Crippen molar-refractivity contribution in [3.8, 4) is 0 Å². The molecule has 0 saturated carbocycles. The average Bonchev–Trinajstić information content (AvgIpc) is 2.49. The lowest BCUT2D eigenvalue weighted by atomic mass is 10.2. The molecule has 0 aromatic rings. The number of aliphatic imine (C=N–C) groups is 3. The normalized spacial score (nSPS) is 23.7. The molecule has 1 atom stereocenters. The Morgan fingerprint density at radius 3 is 3.14 bits per heavy atom. The average molecular weight is 194 g/mol. The first-order valence-electron chi connectivity index (χ1n) is 3.84. The molecule has 1 amide bonds. The Balaban J connectivity index is 2.22. The molecule has 0 spiro atoms. The highest BCUT2D eigenvalue weighted by atomic mass is 16.4. The van der Waals surface area contributed by atoms with E-state index in [9.17, 15) is 9.59 Å². The highest BCUT2D eigenvalue weighted by molar-refractivity contribution is 6.19. The minimum atomic E-state index is -1.00. The fraction of sp³-hybridized carbons (Fsp3) is 0.286. The Labute approximate surface area is 78.5 Å². The van der Waals surface area contributed by atoms with Gasteiger partial charge in [-0.3, -0.25) is 14.6 Å². The van der Waals surface area contributed by atoms with Crippen molar-refractivity contribution in [2.24, 2.45) is 15.0 Å². The van der Waals surface area contributed by atoms with Gasteiger partial charge in [-0.1, -0.05) is 0 Å². The van der Waals surface area contributed by atoms with Crippen molar-refractivity contribution in [1.29, 1.82) is 0 Å². The molecule has 0 aromatic heterocycles. The van der Waals surface area contributed by atoms with Gasteiger partial charge in [0, 0.05) is 0 Å². The number of nitrogens with zero attached hydrogens (tertiary/aromatic N) is 4. The van der Waals surface area contributed by atoms with Gasteiger partial charge in [0.05, 0.1) is 6.34 Å². The predicted octanol–water partition coefficient (Wildman–Crippen LogP) is -1.25. The Hall–Kier alpha value is -2.05. The van der Waals surface area contributed by atoms with Gasteiger partial charge in [0.2, 0.25) is 0 Å². The van der Waals surface area contributed by atoms with Crippen LogP contribution in [-0.4, -0.2) is 53.0 Å². The van der Waals surface area contributed by atoms with E-state index in [1.165, 1.54) is 11.2 Å². The van der Waals surface area contributed by atoms with Crippen molar-refractivity contribution in [2.75, 3.05) is 6.54 Å². The molecule has 7 nitrogen and oxygen atoms in total. The van der Waals surface area contributed by atoms with Crippen LogP contribution in [0.2, 0.25) is 0 Å². The summed E-state index contributed by atoms with van der Waals surface area (Å²) in [4.78, 5) is 34.0. The molecule has 0 bridgehead atoms. The zero-order valence-electron chi connectivity index (χ0n) is 6.99. The Morgan fingerprint density at radius 1 is 1.64 bits per heavy atom. The number of carbonyl (C=O) groups excluding carboxylic acids is 1. The van der Waals surface area contributed by atoms with Crippen molar-refractivity contribution in [1.82, 2.24) is 4.90 Å². The molecule has 0 radical (unpaired) electrons. The van der Waals surface area contributed by atoms with Gasteiger partial charge in [0.1, 0.15) is 18.7 Å². The van der Waals surface area contributed by atoms with Crippen LogP contribution in [0.4, 0.5) is 0 Å². The summed E-state index contributed by atoms with van der Waals surface area (Å²) < 4.78 is 0. The van der Waals surface area contributed by atoms with E-state index >= 15 is 0 Å². The summed E-state index contributed by atoms with van der Waals surface area (Å²) in [7, 11) is 0. The van der Waals surface area contributed by atoms with E-state index in [0.29, 0.717) is 5.84 Å². The number of hydrogen-bond donors (Lipinski definition) is 1. The third-order valence-corrected chi connectivity index (χ3v) is 1.81. The van der Waals surface area contributed by atoms with E-state index in [2.05, 4.69) is 15.0 Å². The van der Waals surface area contributed by atoms with Gasteiger partial charge in [-0.2, -0.15) is 4.99 Å². The van der Waals surface area contributed by atoms with Gasteiger partial charge >= 0.3 is 5.97 Å². The number of amidine groups is 1. The van der Waals surface area contributed by atoms with Crippen LogP contribution >= 0.6 is 0 Å². The molecule has 0 aromatic carbocycles. The highest BCUT2D eigenvalue weighted by Crippen LogP contribution is 2.11. The molecule has 2 aliphatic heterocycles. The summed E-state index contributed by atoms with van der Waals surface area (Å²) >= 11 is 0. The highest BCUT2D eigenvalue weighted by Gasteiger charge is 2.34. The maximum absolute atomic E-state index is 11.1. The number of carbonyl (C=O) groups is 2. The van der Waals surface area contributed by atoms with Crippen LogP contribution in [0.1, 0.15) is 0 Å². The fourth-order valence-electron chi connectivity index (χ4n) is 1.23. The van der Waals surface area contributed by atoms with Gasteiger partial charge in [-0.25, -0.2) is 4.99 Å². The van der Waals surface area contributed by atoms with Crippen LogP contribution in [0, 0.1) is 0 Å². The van der Waals surface area contributed by atoms with Crippen molar-refractivity contribution in [3.63, 3.8) is 0 Å². The SMILES string of the molecule is O=C(O)CN1C=NC2C(=O)N=CN=C21. The second-order valence-corrected chi connectivity index (χ2v) is 2.76. The van der Waals surface area contributed by atoms with Crippen LogP contribution < -0.4 is 0 Å².